The number of aryl methyl sites for hydroxylation is 1. The molecule has 0 spiro atoms. The van der Waals surface area contributed by atoms with E-state index in [1.807, 2.05) is 6.07 Å². The fraction of sp³-hybridized carbons (Fsp3) is 0.591. The Labute approximate surface area is 175 Å². The van der Waals surface area contributed by atoms with Gasteiger partial charge in [0.15, 0.2) is 0 Å². The largest absolute Gasteiger partial charge is 0.353 e. The minimum Gasteiger partial charge on any atom is -0.353 e. The zero-order valence-electron chi connectivity index (χ0n) is 17.3. The van der Waals surface area contributed by atoms with E-state index >= 15 is 0 Å². The Morgan fingerprint density at radius 1 is 1.07 bits per heavy atom. The lowest BCUT2D eigenvalue weighted by molar-refractivity contribution is -0.136. The quantitative estimate of drug-likeness (QED) is 0.810. The van der Waals surface area contributed by atoms with Crippen molar-refractivity contribution in [3.05, 3.63) is 34.6 Å². The first-order valence-corrected chi connectivity index (χ1v) is 11.0. The molecular formula is C22H29N5O3. The zero-order valence-corrected chi connectivity index (χ0v) is 17.3. The van der Waals surface area contributed by atoms with Crippen LogP contribution in [0.1, 0.15) is 51.4 Å². The van der Waals surface area contributed by atoms with E-state index in [4.69, 9.17) is 0 Å². The number of rotatable bonds is 5. The molecule has 1 saturated heterocycles. The fourth-order valence-electron chi connectivity index (χ4n) is 4.51. The third-order valence-electron chi connectivity index (χ3n) is 6.26. The average Bonchev–Trinajstić information content (AvgIpc) is 2.79. The lowest BCUT2D eigenvalue weighted by atomic mass is 9.93. The lowest BCUT2D eigenvalue weighted by Crippen LogP contribution is -2.48. The summed E-state index contributed by atoms with van der Waals surface area (Å²) >= 11 is 0. The maximum absolute atomic E-state index is 12.7. The van der Waals surface area contributed by atoms with Crippen LogP contribution >= 0.6 is 0 Å². The number of benzene rings is 1. The predicted molar refractivity (Wildman–Crippen MR) is 113 cm³/mol. The molecule has 8 nitrogen and oxygen atoms in total. The number of hydrogen-bond acceptors (Lipinski definition) is 5. The molecule has 4 rings (SSSR count). The molecule has 160 valence electrons. The number of nitrogens with zero attached hydrogens (tertiary/aromatic N) is 4. The summed E-state index contributed by atoms with van der Waals surface area (Å²) in [5, 5.41) is 11.7. The number of fused-ring (bicyclic) bond motifs is 1. The lowest BCUT2D eigenvalue weighted by Gasteiger charge is -2.33. The van der Waals surface area contributed by atoms with Crippen molar-refractivity contribution in [2.75, 3.05) is 13.1 Å². The Morgan fingerprint density at radius 3 is 2.70 bits per heavy atom. The number of likely N-dealkylation sites (tertiary alicyclic amines) is 1. The standard InChI is InChI=1S/C22H29N5O3/c28-20(12-14-27-22(30)18-10-4-5-11-19(18)24-25-27)26-13-6-7-16(15-26)21(29)23-17-8-2-1-3-9-17/h4-5,10-11,16-17H,1-3,6-9,12-15H2,(H,23,29). The highest BCUT2D eigenvalue weighted by molar-refractivity contribution is 5.81. The highest BCUT2D eigenvalue weighted by atomic mass is 16.2. The van der Waals surface area contributed by atoms with Crippen LogP contribution in [0.5, 0.6) is 0 Å². The van der Waals surface area contributed by atoms with Crippen LogP contribution in [-0.4, -0.2) is 50.8 Å². The maximum atomic E-state index is 12.7. The van der Waals surface area contributed by atoms with Crippen molar-refractivity contribution < 1.29 is 9.59 Å². The average molecular weight is 412 g/mol. The molecule has 1 saturated carbocycles. The van der Waals surface area contributed by atoms with E-state index < -0.39 is 0 Å². The third-order valence-corrected chi connectivity index (χ3v) is 6.26. The second-order valence-electron chi connectivity index (χ2n) is 8.41. The fourth-order valence-corrected chi connectivity index (χ4v) is 4.51. The van der Waals surface area contributed by atoms with Crippen LogP contribution in [0.25, 0.3) is 10.9 Å². The molecule has 2 fully saturated rings. The highest BCUT2D eigenvalue weighted by Gasteiger charge is 2.29. The molecule has 1 aromatic heterocycles. The van der Waals surface area contributed by atoms with Gasteiger partial charge in [-0.3, -0.25) is 14.4 Å². The van der Waals surface area contributed by atoms with Crippen molar-refractivity contribution in [3.8, 4) is 0 Å². The number of amides is 2. The summed E-state index contributed by atoms with van der Waals surface area (Å²) in [6.07, 6.45) is 7.54. The Bertz CT molecular complexity index is 967. The van der Waals surface area contributed by atoms with Gasteiger partial charge in [-0.1, -0.05) is 36.6 Å². The van der Waals surface area contributed by atoms with Crippen molar-refractivity contribution >= 4 is 22.7 Å². The molecule has 0 radical (unpaired) electrons. The molecule has 2 heterocycles. The monoisotopic (exact) mass is 411 g/mol. The van der Waals surface area contributed by atoms with Gasteiger partial charge in [0, 0.05) is 25.6 Å². The second-order valence-corrected chi connectivity index (χ2v) is 8.41. The van der Waals surface area contributed by atoms with E-state index in [0.29, 0.717) is 24.0 Å². The molecule has 1 aromatic carbocycles. The highest BCUT2D eigenvalue weighted by Crippen LogP contribution is 2.21. The van der Waals surface area contributed by atoms with Gasteiger partial charge >= 0.3 is 0 Å². The van der Waals surface area contributed by atoms with Crippen LogP contribution < -0.4 is 10.9 Å². The number of piperidine rings is 1. The van der Waals surface area contributed by atoms with E-state index in [0.717, 1.165) is 25.7 Å². The molecule has 2 amide bonds. The molecule has 30 heavy (non-hydrogen) atoms. The van der Waals surface area contributed by atoms with Crippen molar-refractivity contribution in [1.82, 2.24) is 25.2 Å². The predicted octanol–water partition coefficient (Wildman–Crippen LogP) is 1.87. The smallest absolute Gasteiger partial charge is 0.277 e. The van der Waals surface area contributed by atoms with Crippen molar-refractivity contribution in [2.45, 2.75) is 64.0 Å². The number of nitrogens with one attached hydrogen (secondary N) is 1. The van der Waals surface area contributed by atoms with Gasteiger partial charge < -0.3 is 10.2 Å². The van der Waals surface area contributed by atoms with E-state index in [2.05, 4.69) is 15.6 Å². The minimum absolute atomic E-state index is 0.0491. The van der Waals surface area contributed by atoms with Gasteiger partial charge in [0.25, 0.3) is 5.56 Å². The van der Waals surface area contributed by atoms with Crippen LogP contribution in [0, 0.1) is 5.92 Å². The Hall–Kier alpha value is -2.77. The van der Waals surface area contributed by atoms with E-state index in [1.54, 1.807) is 23.1 Å². The van der Waals surface area contributed by atoms with Crippen molar-refractivity contribution in [1.29, 1.82) is 0 Å². The summed E-state index contributed by atoms with van der Waals surface area (Å²) < 4.78 is 1.25. The van der Waals surface area contributed by atoms with Gasteiger partial charge in [0.05, 0.1) is 17.8 Å². The second kappa shape index (κ2) is 9.36. The molecule has 2 aromatic rings. The first kappa shape index (κ1) is 20.5. The Morgan fingerprint density at radius 2 is 1.87 bits per heavy atom. The van der Waals surface area contributed by atoms with Gasteiger partial charge in [-0.2, -0.15) is 0 Å². The molecule has 1 aliphatic carbocycles. The van der Waals surface area contributed by atoms with Crippen LogP contribution in [0.4, 0.5) is 0 Å². The molecule has 1 unspecified atom stereocenters. The SMILES string of the molecule is O=C(NC1CCCCC1)C1CCCN(C(=O)CCn2nnc3ccccc3c2=O)C1. The van der Waals surface area contributed by atoms with E-state index in [1.165, 1.54) is 23.9 Å². The number of carbonyl (C=O) groups excluding carboxylic acids is 2. The molecular weight excluding hydrogens is 382 g/mol. The normalized spacial score (nSPS) is 20.3. The van der Waals surface area contributed by atoms with Crippen molar-refractivity contribution in [3.63, 3.8) is 0 Å². The first-order valence-electron chi connectivity index (χ1n) is 11.0. The molecule has 1 aliphatic heterocycles. The van der Waals surface area contributed by atoms with Crippen LogP contribution in [0.2, 0.25) is 0 Å². The summed E-state index contributed by atoms with van der Waals surface area (Å²) in [5.74, 6) is -0.115. The summed E-state index contributed by atoms with van der Waals surface area (Å²) in [4.78, 5) is 39.7. The van der Waals surface area contributed by atoms with Gasteiger partial charge in [-0.15, -0.1) is 5.10 Å². The molecule has 0 bridgehead atoms. The number of aromatic nitrogens is 3. The number of hydrogen-bond donors (Lipinski definition) is 1. The van der Waals surface area contributed by atoms with Crippen LogP contribution in [-0.2, 0) is 16.1 Å². The topological polar surface area (TPSA) is 97.2 Å². The van der Waals surface area contributed by atoms with Gasteiger partial charge in [-0.05, 0) is 37.8 Å². The van der Waals surface area contributed by atoms with Gasteiger partial charge in [0.1, 0.15) is 5.52 Å². The Balaban J connectivity index is 1.32. The minimum atomic E-state index is -0.239. The van der Waals surface area contributed by atoms with E-state index in [9.17, 15) is 14.4 Å². The summed E-state index contributed by atoms with van der Waals surface area (Å²) in [5.41, 5.74) is 0.310. The molecule has 8 heteroatoms. The molecule has 2 aliphatic rings. The van der Waals surface area contributed by atoms with Gasteiger partial charge in [-0.25, -0.2) is 4.68 Å². The van der Waals surface area contributed by atoms with Crippen LogP contribution in [0.15, 0.2) is 29.1 Å². The molecule has 1 atom stereocenters. The number of carbonyl (C=O) groups is 2. The van der Waals surface area contributed by atoms with E-state index in [-0.39, 0.29) is 42.3 Å². The zero-order chi connectivity index (χ0) is 20.9. The summed E-state index contributed by atoms with van der Waals surface area (Å²) in [6.45, 7) is 1.30. The van der Waals surface area contributed by atoms with Crippen LogP contribution in [0.3, 0.4) is 0 Å². The summed E-state index contributed by atoms with van der Waals surface area (Å²) in [7, 11) is 0. The Kier molecular flexibility index (Phi) is 6.40. The maximum Gasteiger partial charge on any atom is 0.277 e. The van der Waals surface area contributed by atoms with Crippen molar-refractivity contribution in [2.24, 2.45) is 5.92 Å². The molecule has 1 N–H and O–H groups in total. The first-order chi connectivity index (χ1) is 14.6. The third kappa shape index (κ3) is 4.68. The van der Waals surface area contributed by atoms with Gasteiger partial charge in [0.2, 0.25) is 11.8 Å². The summed E-state index contributed by atoms with van der Waals surface area (Å²) in [6, 6.07) is 7.33.